The lowest BCUT2D eigenvalue weighted by Gasteiger charge is -2.26. The fourth-order valence-corrected chi connectivity index (χ4v) is 3.81. The Hall–Kier alpha value is -4.84. The van der Waals surface area contributed by atoms with E-state index in [4.69, 9.17) is 19.9 Å². The predicted octanol–water partition coefficient (Wildman–Crippen LogP) is 4.41. The molecule has 9 nitrogen and oxygen atoms in total. The normalized spacial score (nSPS) is 14.4. The van der Waals surface area contributed by atoms with Crippen molar-refractivity contribution in [1.29, 1.82) is 5.26 Å². The second-order valence-corrected chi connectivity index (χ2v) is 7.93. The average molecular weight is 471 g/mol. The summed E-state index contributed by atoms with van der Waals surface area (Å²) in [7, 11) is 0. The van der Waals surface area contributed by atoms with E-state index < -0.39 is 16.8 Å². The van der Waals surface area contributed by atoms with Crippen LogP contribution in [0.15, 0.2) is 72.1 Å². The molecule has 3 aromatic rings. The molecule has 2 N–H and O–H groups in total. The lowest BCUT2D eigenvalue weighted by atomic mass is 9.83. The van der Waals surface area contributed by atoms with E-state index in [1.807, 2.05) is 26.0 Å². The van der Waals surface area contributed by atoms with Crippen LogP contribution < -0.4 is 19.9 Å². The first kappa shape index (κ1) is 23.3. The molecule has 0 amide bonds. The molecule has 1 aliphatic rings. The number of nitro benzene ring substituents is 1. The van der Waals surface area contributed by atoms with Crippen molar-refractivity contribution in [3.63, 3.8) is 0 Å². The number of ether oxygens (including phenoxy) is 3. The smallest absolute Gasteiger partial charge is 0.349 e. The summed E-state index contributed by atoms with van der Waals surface area (Å²) in [5.74, 6) is -0.162. The van der Waals surface area contributed by atoms with E-state index in [0.717, 1.165) is 11.1 Å². The maximum Gasteiger partial charge on any atom is 0.349 e. The highest BCUT2D eigenvalue weighted by molar-refractivity contribution is 5.74. The van der Waals surface area contributed by atoms with Gasteiger partial charge in [0.2, 0.25) is 5.88 Å². The SMILES string of the molecule is Cc1cccc(OCC(=O)Oc2ccc3c(c2)OC(N)=C(C#N)C3c2ccc([N+](=O)[O-])cc2)c1C. The highest BCUT2D eigenvalue weighted by Gasteiger charge is 2.31. The van der Waals surface area contributed by atoms with E-state index in [1.54, 1.807) is 30.3 Å². The van der Waals surface area contributed by atoms with Gasteiger partial charge in [0.05, 0.1) is 10.8 Å². The Morgan fingerprint density at radius 2 is 1.91 bits per heavy atom. The maximum atomic E-state index is 12.4. The van der Waals surface area contributed by atoms with Crippen molar-refractivity contribution in [3.05, 3.63) is 104 Å². The summed E-state index contributed by atoms with van der Waals surface area (Å²) in [5.41, 5.74) is 9.34. The number of rotatable bonds is 6. The maximum absolute atomic E-state index is 12.4. The number of benzene rings is 3. The van der Waals surface area contributed by atoms with Gasteiger partial charge >= 0.3 is 5.97 Å². The van der Waals surface area contributed by atoms with Crippen molar-refractivity contribution in [1.82, 2.24) is 0 Å². The van der Waals surface area contributed by atoms with Crippen LogP contribution in [0, 0.1) is 35.3 Å². The van der Waals surface area contributed by atoms with Gasteiger partial charge in [0, 0.05) is 23.8 Å². The summed E-state index contributed by atoms with van der Waals surface area (Å²) < 4.78 is 16.6. The Bertz CT molecular complexity index is 1390. The third kappa shape index (κ3) is 4.77. The van der Waals surface area contributed by atoms with Gasteiger partial charge in [-0.25, -0.2) is 4.79 Å². The molecule has 1 unspecified atom stereocenters. The summed E-state index contributed by atoms with van der Waals surface area (Å²) >= 11 is 0. The molecule has 0 aliphatic carbocycles. The van der Waals surface area contributed by atoms with Crippen LogP contribution in [0.1, 0.15) is 28.2 Å². The van der Waals surface area contributed by atoms with Crippen molar-refractivity contribution in [2.75, 3.05) is 6.61 Å². The summed E-state index contributed by atoms with van der Waals surface area (Å²) in [6, 6.07) is 18.3. The molecule has 1 heterocycles. The molecule has 0 radical (unpaired) electrons. The van der Waals surface area contributed by atoms with Gasteiger partial charge in [-0.2, -0.15) is 5.26 Å². The van der Waals surface area contributed by atoms with Gasteiger partial charge in [0.1, 0.15) is 28.9 Å². The Morgan fingerprint density at radius 1 is 1.17 bits per heavy atom. The lowest BCUT2D eigenvalue weighted by Crippen LogP contribution is -2.21. The topological polar surface area (TPSA) is 138 Å². The van der Waals surface area contributed by atoms with E-state index in [9.17, 15) is 20.2 Å². The number of hydrogen-bond acceptors (Lipinski definition) is 8. The molecule has 0 spiro atoms. The number of hydrogen-bond donors (Lipinski definition) is 1. The van der Waals surface area contributed by atoms with Crippen molar-refractivity contribution < 1.29 is 23.9 Å². The van der Waals surface area contributed by atoms with Crippen LogP contribution in [0.5, 0.6) is 17.2 Å². The van der Waals surface area contributed by atoms with Gasteiger partial charge in [-0.15, -0.1) is 0 Å². The minimum absolute atomic E-state index is 0.0678. The lowest BCUT2D eigenvalue weighted by molar-refractivity contribution is -0.384. The Kier molecular flexibility index (Phi) is 6.38. The fraction of sp³-hybridized carbons (Fsp3) is 0.154. The number of nitrogens with zero attached hydrogens (tertiary/aromatic N) is 2. The van der Waals surface area contributed by atoms with Gasteiger partial charge < -0.3 is 19.9 Å². The van der Waals surface area contributed by atoms with Crippen LogP contribution in [0.25, 0.3) is 0 Å². The minimum atomic E-state index is -0.602. The highest BCUT2D eigenvalue weighted by Crippen LogP contribution is 2.43. The molecule has 1 atom stereocenters. The molecule has 0 saturated heterocycles. The minimum Gasteiger partial charge on any atom is -0.482 e. The van der Waals surface area contributed by atoms with Crippen LogP contribution in [-0.2, 0) is 4.79 Å². The number of fused-ring (bicyclic) bond motifs is 1. The molecular weight excluding hydrogens is 450 g/mol. The second kappa shape index (κ2) is 9.57. The Labute approximate surface area is 201 Å². The third-order valence-corrected chi connectivity index (χ3v) is 5.76. The van der Waals surface area contributed by atoms with E-state index in [0.29, 0.717) is 22.6 Å². The molecule has 0 saturated carbocycles. The predicted molar refractivity (Wildman–Crippen MR) is 126 cm³/mol. The number of allylic oxidation sites excluding steroid dienone is 1. The van der Waals surface area contributed by atoms with Gasteiger partial charge in [-0.3, -0.25) is 10.1 Å². The van der Waals surface area contributed by atoms with Crippen LogP contribution in [0.2, 0.25) is 0 Å². The van der Waals surface area contributed by atoms with Crippen molar-refractivity contribution in [2.24, 2.45) is 5.73 Å². The molecule has 0 bridgehead atoms. The van der Waals surface area contributed by atoms with Crippen molar-refractivity contribution in [2.45, 2.75) is 19.8 Å². The number of nitro groups is 1. The molecule has 3 aromatic carbocycles. The number of non-ortho nitro benzene ring substituents is 1. The van der Waals surface area contributed by atoms with E-state index in [2.05, 4.69) is 6.07 Å². The number of nitriles is 1. The zero-order chi connectivity index (χ0) is 25.1. The van der Waals surface area contributed by atoms with Gasteiger partial charge in [-0.1, -0.05) is 30.3 Å². The van der Waals surface area contributed by atoms with Crippen LogP contribution in [0.3, 0.4) is 0 Å². The van der Waals surface area contributed by atoms with E-state index >= 15 is 0 Å². The number of aryl methyl sites for hydroxylation is 1. The number of esters is 1. The average Bonchev–Trinajstić information content (AvgIpc) is 2.84. The summed E-state index contributed by atoms with van der Waals surface area (Å²) in [6.45, 7) is 3.58. The largest absolute Gasteiger partial charge is 0.482 e. The molecular formula is C26H21N3O6. The Balaban J connectivity index is 1.55. The van der Waals surface area contributed by atoms with Crippen LogP contribution >= 0.6 is 0 Å². The zero-order valence-electron chi connectivity index (χ0n) is 19.0. The number of carbonyl (C=O) groups is 1. The molecule has 0 aromatic heterocycles. The molecule has 9 heteroatoms. The van der Waals surface area contributed by atoms with Crippen LogP contribution in [0.4, 0.5) is 5.69 Å². The quantitative estimate of drug-likeness (QED) is 0.241. The van der Waals surface area contributed by atoms with Crippen molar-refractivity contribution in [3.8, 4) is 23.3 Å². The van der Waals surface area contributed by atoms with Gasteiger partial charge in [0.25, 0.3) is 5.69 Å². The standard InChI is InChI=1S/C26H21N3O6/c1-15-4-3-5-22(16(15)2)33-14-24(30)34-19-10-11-20-23(12-19)35-26(28)21(13-27)25(20)17-6-8-18(9-7-17)29(31)32/h3-12,25H,14,28H2,1-2H3. The monoisotopic (exact) mass is 471 g/mol. The van der Waals surface area contributed by atoms with E-state index in [-0.39, 0.29) is 29.5 Å². The Morgan fingerprint density at radius 3 is 2.60 bits per heavy atom. The summed E-state index contributed by atoms with van der Waals surface area (Å²) in [4.78, 5) is 22.9. The molecule has 1 aliphatic heterocycles. The third-order valence-electron chi connectivity index (χ3n) is 5.76. The fourth-order valence-electron chi connectivity index (χ4n) is 3.81. The number of nitrogens with two attached hydrogens (primary N) is 1. The van der Waals surface area contributed by atoms with Gasteiger partial charge in [0.15, 0.2) is 6.61 Å². The second-order valence-electron chi connectivity index (χ2n) is 7.93. The molecule has 35 heavy (non-hydrogen) atoms. The van der Waals surface area contributed by atoms with Gasteiger partial charge in [-0.05, 0) is 42.7 Å². The van der Waals surface area contributed by atoms with Crippen LogP contribution in [-0.4, -0.2) is 17.5 Å². The van der Waals surface area contributed by atoms with E-state index in [1.165, 1.54) is 18.2 Å². The molecule has 176 valence electrons. The summed E-state index contributed by atoms with van der Waals surface area (Å²) in [6.07, 6.45) is 0. The molecule has 0 fully saturated rings. The zero-order valence-corrected chi connectivity index (χ0v) is 19.0. The summed E-state index contributed by atoms with van der Waals surface area (Å²) in [5, 5.41) is 20.7. The first-order valence-corrected chi connectivity index (χ1v) is 10.6. The number of carbonyl (C=O) groups excluding carboxylic acids is 1. The molecule has 4 rings (SSSR count). The van der Waals surface area contributed by atoms with Crippen molar-refractivity contribution >= 4 is 11.7 Å². The first-order chi connectivity index (χ1) is 16.8. The first-order valence-electron chi connectivity index (χ1n) is 10.6. The highest BCUT2D eigenvalue weighted by atomic mass is 16.6.